The third-order valence-corrected chi connectivity index (χ3v) is 5.35. The Hall–Kier alpha value is -2.11. The van der Waals surface area contributed by atoms with Crippen LogP contribution in [0.5, 0.6) is 0 Å². The molecule has 6 nitrogen and oxygen atoms in total. The van der Waals surface area contributed by atoms with Gasteiger partial charge in [0.25, 0.3) is 11.6 Å². The number of amides is 1. The molecule has 1 atom stereocenters. The summed E-state index contributed by atoms with van der Waals surface area (Å²) in [5.74, 6) is 0.434. The molecule has 3 rings (SSSR count). The average molecular weight is 331 g/mol. The van der Waals surface area contributed by atoms with Gasteiger partial charge in [0.1, 0.15) is 5.69 Å². The van der Waals surface area contributed by atoms with E-state index >= 15 is 0 Å². The van der Waals surface area contributed by atoms with Gasteiger partial charge in [-0.3, -0.25) is 14.9 Å². The standard InChI is InChI=1S/C18H25N3O3/c1-13(14-6-7-14)19(2)18(22)15-8-9-16(17(12-15)21(23)24)20-10-4-3-5-11-20/h8-9,12-14H,3-7,10-11H2,1-2H3. The molecule has 1 saturated heterocycles. The Balaban J connectivity index is 1.85. The Kier molecular flexibility index (Phi) is 4.73. The van der Waals surface area contributed by atoms with E-state index < -0.39 is 0 Å². The van der Waals surface area contributed by atoms with Crippen molar-refractivity contribution in [3.63, 3.8) is 0 Å². The predicted octanol–water partition coefficient (Wildman–Crippen LogP) is 3.46. The molecule has 0 spiro atoms. The lowest BCUT2D eigenvalue weighted by atomic mass is 10.1. The monoisotopic (exact) mass is 331 g/mol. The summed E-state index contributed by atoms with van der Waals surface area (Å²) < 4.78 is 0. The molecule has 1 amide bonds. The van der Waals surface area contributed by atoms with Crippen LogP contribution in [0, 0.1) is 16.0 Å². The summed E-state index contributed by atoms with van der Waals surface area (Å²) in [5, 5.41) is 11.5. The van der Waals surface area contributed by atoms with Crippen LogP contribution in [-0.4, -0.2) is 41.9 Å². The van der Waals surface area contributed by atoms with Crippen LogP contribution in [0.4, 0.5) is 11.4 Å². The van der Waals surface area contributed by atoms with Gasteiger partial charge in [0.05, 0.1) is 4.92 Å². The van der Waals surface area contributed by atoms with Crippen molar-refractivity contribution in [3.05, 3.63) is 33.9 Å². The molecule has 24 heavy (non-hydrogen) atoms. The summed E-state index contributed by atoms with van der Waals surface area (Å²) in [6.45, 7) is 3.73. The third-order valence-electron chi connectivity index (χ3n) is 5.35. The Morgan fingerprint density at radius 2 is 1.96 bits per heavy atom. The number of nitro benzene ring substituents is 1. The van der Waals surface area contributed by atoms with Crippen molar-refractivity contribution < 1.29 is 9.72 Å². The summed E-state index contributed by atoms with van der Waals surface area (Å²) in [5.41, 5.74) is 1.07. The molecular weight excluding hydrogens is 306 g/mol. The third kappa shape index (κ3) is 3.37. The molecule has 1 aliphatic carbocycles. The lowest BCUT2D eigenvalue weighted by Crippen LogP contribution is -2.36. The van der Waals surface area contributed by atoms with Gasteiger partial charge < -0.3 is 9.80 Å². The van der Waals surface area contributed by atoms with Crippen LogP contribution >= 0.6 is 0 Å². The second-order valence-electron chi connectivity index (χ2n) is 7.00. The van der Waals surface area contributed by atoms with Crippen molar-refractivity contribution in [2.24, 2.45) is 5.92 Å². The smallest absolute Gasteiger partial charge is 0.293 e. The zero-order chi connectivity index (χ0) is 17.3. The highest BCUT2D eigenvalue weighted by atomic mass is 16.6. The van der Waals surface area contributed by atoms with E-state index in [0.717, 1.165) is 38.8 Å². The molecule has 1 aromatic rings. The van der Waals surface area contributed by atoms with Gasteiger partial charge in [-0.15, -0.1) is 0 Å². The van der Waals surface area contributed by atoms with Gasteiger partial charge in [-0.1, -0.05) is 0 Å². The number of carbonyl (C=O) groups excluding carboxylic acids is 1. The number of nitro groups is 1. The van der Waals surface area contributed by atoms with Crippen LogP contribution in [0.3, 0.4) is 0 Å². The minimum Gasteiger partial charge on any atom is -0.366 e. The molecule has 1 aliphatic heterocycles. The van der Waals surface area contributed by atoms with Crippen molar-refractivity contribution in [1.82, 2.24) is 4.90 Å². The highest BCUT2D eigenvalue weighted by Crippen LogP contribution is 2.36. The van der Waals surface area contributed by atoms with E-state index in [1.165, 1.54) is 12.5 Å². The average Bonchev–Trinajstić information content (AvgIpc) is 3.45. The molecule has 2 aliphatic rings. The van der Waals surface area contributed by atoms with Crippen molar-refractivity contribution in [2.75, 3.05) is 25.0 Å². The summed E-state index contributed by atoms with van der Waals surface area (Å²) in [4.78, 5) is 27.6. The molecule has 1 saturated carbocycles. The predicted molar refractivity (Wildman–Crippen MR) is 93.4 cm³/mol. The van der Waals surface area contributed by atoms with Gasteiger partial charge >= 0.3 is 0 Å². The number of hydrogen-bond acceptors (Lipinski definition) is 4. The first kappa shape index (κ1) is 16.7. The molecule has 0 aromatic heterocycles. The Morgan fingerprint density at radius 3 is 2.54 bits per heavy atom. The zero-order valence-electron chi connectivity index (χ0n) is 14.4. The Morgan fingerprint density at radius 1 is 1.29 bits per heavy atom. The molecule has 1 unspecified atom stereocenters. The van der Waals surface area contributed by atoms with E-state index in [0.29, 0.717) is 17.2 Å². The molecule has 0 N–H and O–H groups in total. The van der Waals surface area contributed by atoms with Crippen LogP contribution in [0.15, 0.2) is 18.2 Å². The van der Waals surface area contributed by atoms with Gasteiger partial charge in [0.15, 0.2) is 0 Å². The van der Waals surface area contributed by atoms with Crippen molar-refractivity contribution in [2.45, 2.75) is 45.1 Å². The topological polar surface area (TPSA) is 66.7 Å². The number of piperidine rings is 1. The van der Waals surface area contributed by atoms with E-state index in [-0.39, 0.29) is 22.6 Å². The summed E-state index contributed by atoms with van der Waals surface area (Å²) in [6, 6.07) is 5.10. The number of benzene rings is 1. The SMILES string of the molecule is CC(C1CC1)N(C)C(=O)c1ccc(N2CCCCC2)c([N+](=O)[O-])c1. The fraction of sp³-hybridized carbons (Fsp3) is 0.611. The quantitative estimate of drug-likeness (QED) is 0.612. The van der Waals surface area contributed by atoms with Crippen LogP contribution in [0.1, 0.15) is 49.4 Å². The largest absolute Gasteiger partial charge is 0.366 e. The normalized spacial score (nSPS) is 19.0. The highest BCUT2D eigenvalue weighted by Gasteiger charge is 2.33. The van der Waals surface area contributed by atoms with Crippen LogP contribution in [0.25, 0.3) is 0 Å². The van der Waals surface area contributed by atoms with Crippen LogP contribution in [-0.2, 0) is 0 Å². The molecule has 6 heteroatoms. The number of rotatable bonds is 5. The van der Waals surface area contributed by atoms with Gasteiger partial charge in [-0.05, 0) is 57.1 Å². The fourth-order valence-corrected chi connectivity index (χ4v) is 3.49. The molecule has 0 bridgehead atoms. The molecule has 0 radical (unpaired) electrons. The number of hydrogen-bond donors (Lipinski definition) is 0. The maximum atomic E-state index is 12.7. The van der Waals surface area contributed by atoms with Crippen molar-refractivity contribution in [1.29, 1.82) is 0 Å². The summed E-state index contributed by atoms with van der Waals surface area (Å²) in [7, 11) is 1.79. The van der Waals surface area contributed by atoms with Crippen LogP contribution < -0.4 is 4.90 Å². The van der Waals surface area contributed by atoms with E-state index in [4.69, 9.17) is 0 Å². The van der Waals surface area contributed by atoms with Crippen molar-refractivity contribution in [3.8, 4) is 0 Å². The molecular formula is C18H25N3O3. The second-order valence-corrected chi connectivity index (χ2v) is 7.00. The lowest BCUT2D eigenvalue weighted by Gasteiger charge is -2.29. The highest BCUT2D eigenvalue weighted by molar-refractivity contribution is 5.95. The fourth-order valence-electron chi connectivity index (χ4n) is 3.49. The van der Waals surface area contributed by atoms with Gasteiger partial charge in [0, 0.05) is 37.8 Å². The summed E-state index contributed by atoms with van der Waals surface area (Å²) >= 11 is 0. The first-order valence-electron chi connectivity index (χ1n) is 8.79. The first-order valence-corrected chi connectivity index (χ1v) is 8.79. The maximum absolute atomic E-state index is 12.7. The second kappa shape index (κ2) is 6.79. The molecule has 1 aromatic carbocycles. The lowest BCUT2D eigenvalue weighted by molar-refractivity contribution is -0.384. The van der Waals surface area contributed by atoms with E-state index in [1.54, 1.807) is 24.1 Å². The molecule has 2 fully saturated rings. The summed E-state index contributed by atoms with van der Waals surface area (Å²) in [6.07, 6.45) is 5.60. The Labute approximate surface area is 142 Å². The van der Waals surface area contributed by atoms with E-state index in [2.05, 4.69) is 4.90 Å². The van der Waals surface area contributed by atoms with Gasteiger partial charge in [-0.25, -0.2) is 0 Å². The Bertz CT molecular complexity index is 636. The van der Waals surface area contributed by atoms with Gasteiger partial charge in [-0.2, -0.15) is 0 Å². The molecule has 1 heterocycles. The van der Waals surface area contributed by atoms with E-state index in [9.17, 15) is 14.9 Å². The van der Waals surface area contributed by atoms with Crippen molar-refractivity contribution >= 4 is 17.3 Å². The first-order chi connectivity index (χ1) is 11.5. The number of nitrogens with zero attached hydrogens (tertiary/aromatic N) is 3. The minimum absolute atomic E-state index is 0.0372. The van der Waals surface area contributed by atoms with E-state index in [1.807, 2.05) is 6.92 Å². The number of carbonyl (C=O) groups is 1. The maximum Gasteiger partial charge on any atom is 0.293 e. The number of anilines is 1. The minimum atomic E-state index is -0.370. The zero-order valence-corrected chi connectivity index (χ0v) is 14.4. The molecule has 130 valence electrons. The van der Waals surface area contributed by atoms with Crippen LogP contribution in [0.2, 0.25) is 0 Å². The van der Waals surface area contributed by atoms with Gasteiger partial charge in [0.2, 0.25) is 0 Å².